The molecule has 35 heavy (non-hydrogen) atoms. The van der Waals surface area contributed by atoms with E-state index >= 15 is 0 Å². The molecule has 3 aromatic rings. The Kier molecular flexibility index (Phi) is 10.2. The van der Waals surface area contributed by atoms with E-state index in [0.29, 0.717) is 54.9 Å². The fourth-order valence-corrected chi connectivity index (χ4v) is 4.04. The number of carbonyl (C=O) groups is 1. The summed E-state index contributed by atoms with van der Waals surface area (Å²) in [6, 6.07) is 7.83. The predicted molar refractivity (Wildman–Crippen MR) is 140 cm³/mol. The molecule has 0 saturated carbocycles. The second kappa shape index (κ2) is 13.3. The summed E-state index contributed by atoms with van der Waals surface area (Å²) in [4.78, 5) is 21.7. The van der Waals surface area contributed by atoms with Gasteiger partial charge in [0, 0.05) is 24.9 Å². The van der Waals surface area contributed by atoms with E-state index in [4.69, 9.17) is 14.5 Å². The van der Waals surface area contributed by atoms with Crippen LogP contribution in [0.4, 0.5) is 5.82 Å². The normalized spacial score (nSPS) is 11.4. The topological polar surface area (TPSA) is 103 Å². The molecule has 0 aliphatic heterocycles. The fourth-order valence-electron chi connectivity index (χ4n) is 3.33. The van der Waals surface area contributed by atoms with E-state index in [2.05, 4.69) is 48.4 Å². The number of amides is 1. The molecular formula is C25H36N6O3S. The minimum absolute atomic E-state index is 0.0356. The van der Waals surface area contributed by atoms with Crippen molar-refractivity contribution in [2.24, 2.45) is 0 Å². The van der Waals surface area contributed by atoms with Gasteiger partial charge < -0.3 is 20.1 Å². The van der Waals surface area contributed by atoms with Crippen molar-refractivity contribution >= 4 is 34.5 Å². The summed E-state index contributed by atoms with van der Waals surface area (Å²) >= 11 is 1.60. The number of fused-ring (bicyclic) bond motifs is 1. The lowest BCUT2D eigenvalue weighted by molar-refractivity contribution is -0.123. The Morgan fingerprint density at radius 1 is 1.11 bits per heavy atom. The van der Waals surface area contributed by atoms with Crippen LogP contribution in [-0.2, 0) is 16.1 Å². The van der Waals surface area contributed by atoms with Gasteiger partial charge in [-0.2, -0.15) is 5.10 Å². The molecule has 190 valence electrons. The molecule has 1 aromatic carbocycles. The second-order valence-corrected chi connectivity index (χ2v) is 10.2. The van der Waals surface area contributed by atoms with E-state index < -0.39 is 0 Å². The zero-order chi connectivity index (χ0) is 25.2. The van der Waals surface area contributed by atoms with Gasteiger partial charge in [0.25, 0.3) is 5.91 Å². The maximum Gasteiger partial charge on any atom is 0.258 e. The number of anilines is 1. The van der Waals surface area contributed by atoms with E-state index in [0.717, 1.165) is 16.9 Å². The molecule has 10 heteroatoms. The number of ether oxygens (including phenoxy) is 2. The van der Waals surface area contributed by atoms with Gasteiger partial charge >= 0.3 is 0 Å². The van der Waals surface area contributed by atoms with Crippen molar-refractivity contribution in [1.29, 1.82) is 0 Å². The summed E-state index contributed by atoms with van der Waals surface area (Å²) in [5.41, 5.74) is 1.97. The van der Waals surface area contributed by atoms with Gasteiger partial charge in [-0.25, -0.2) is 14.6 Å². The Morgan fingerprint density at radius 3 is 2.57 bits per heavy atom. The summed E-state index contributed by atoms with van der Waals surface area (Å²) in [5, 5.41) is 12.6. The first-order chi connectivity index (χ1) is 16.9. The average Bonchev–Trinajstić information content (AvgIpc) is 3.23. The highest BCUT2D eigenvalue weighted by molar-refractivity contribution is 7.99. The van der Waals surface area contributed by atoms with Crippen molar-refractivity contribution in [2.75, 3.05) is 38.2 Å². The quantitative estimate of drug-likeness (QED) is 0.194. The molecule has 0 unspecified atom stereocenters. The monoisotopic (exact) mass is 500 g/mol. The summed E-state index contributed by atoms with van der Waals surface area (Å²) in [6.07, 6.45) is 1.76. The number of benzene rings is 1. The van der Waals surface area contributed by atoms with Crippen LogP contribution in [0.3, 0.4) is 0 Å². The third kappa shape index (κ3) is 8.10. The van der Waals surface area contributed by atoms with Gasteiger partial charge in [0.2, 0.25) is 0 Å². The molecule has 0 bridgehead atoms. The molecule has 2 N–H and O–H groups in total. The smallest absolute Gasteiger partial charge is 0.258 e. The SMILES string of the molecule is CCOCCNc1nc(SC(C)C)nc2c1cnn2CCNC(=O)COc1ccc(C(C)C)cc1. The molecule has 1 amide bonds. The summed E-state index contributed by atoms with van der Waals surface area (Å²) < 4.78 is 12.8. The fraction of sp³-hybridized carbons (Fsp3) is 0.520. The van der Waals surface area contributed by atoms with Crippen LogP contribution in [0.25, 0.3) is 11.0 Å². The van der Waals surface area contributed by atoms with Crippen molar-refractivity contribution < 1.29 is 14.3 Å². The first-order valence-corrected chi connectivity index (χ1v) is 13.0. The van der Waals surface area contributed by atoms with Crippen molar-refractivity contribution in [1.82, 2.24) is 25.1 Å². The third-order valence-corrected chi connectivity index (χ3v) is 5.99. The standard InChI is InChI=1S/C25H36N6O3S/c1-6-33-14-12-27-23-21-15-28-31(24(21)30-25(29-23)35-18(4)5)13-11-26-22(32)16-34-20-9-7-19(8-10-20)17(2)3/h7-10,15,17-18H,6,11-14,16H2,1-5H3,(H,26,32)(H,27,29,30). The zero-order valence-corrected chi connectivity index (χ0v) is 22.0. The number of hydrogen-bond donors (Lipinski definition) is 2. The number of rotatable bonds is 14. The molecule has 0 radical (unpaired) electrons. The molecule has 0 aliphatic carbocycles. The Bertz CT molecular complexity index is 1080. The highest BCUT2D eigenvalue weighted by atomic mass is 32.2. The number of carbonyl (C=O) groups excluding carboxylic acids is 1. The summed E-state index contributed by atoms with van der Waals surface area (Å²) in [6.45, 7) is 13.2. The van der Waals surface area contributed by atoms with Gasteiger partial charge in [-0.05, 0) is 30.5 Å². The Morgan fingerprint density at radius 2 is 1.89 bits per heavy atom. The zero-order valence-electron chi connectivity index (χ0n) is 21.2. The highest BCUT2D eigenvalue weighted by Gasteiger charge is 2.14. The minimum atomic E-state index is -0.182. The lowest BCUT2D eigenvalue weighted by Crippen LogP contribution is -2.31. The maximum atomic E-state index is 12.3. The van der Waals surface area contributed by atoms with Crippen LogP contribution in [0.15, 0.2) is 35.6 Å². The molecule has 0 atom stereocenters. The molecular weight excluding hydrogens is 464 g/mol. The van der Waals surface area contributed by atoms with Crippen molar-refractivity contribution in [3.8, 4) is 5.75 Å². The van der Waals surface area contributed by atoms with Crippen molar-refractivity contribution in [2.45, 2.75) is 57.5 Å². The number of thioether (sulfide) groups is 1. The van der Waals surface area contributed by atoms with Gasteiger partial charge in [-0.15, -0.1) is 0 Å². The molecule has 2 aromatic heterocycles. The van der Waals surface area contributed by atoms with Gasteiger partial charge in [0.15, 0.2) is 17.4 Å². The van der Waals surface area contributed by atoms with E-state index in [9.17, 15) is 4.79 Å². The Balaban J connectivity index is 1.58. The van der Waals surface area contributed by atoms with Crippen LogP contribution in [-0.4, -0.2) is 63.8 Å². The Hall–Kier alpha value is -2.85. The van der Waals surface area contributed by atoms with Crippen molar-refractivity contribution in [3.63, 3.8) is 0 Å². The van der Waals surface area contributed by atoms with Crippen LogP contribution in [0, 0.1) is 0 Å². The van der Waals surface area contributed by atoms with Crippen LogP contribution in [0.2, 0.25) is 0 Å². The van der Waals surface area contributed by atoms with E-state index in [1.54, 1.807) is 22.6 Å². The van der Waals surface area contributed by atoms with Crippen LogP contribution in [0.1, 0.15) is 46.1 Å². The van der Waals surface area contributed by atoms with Crippen LogP contribution >= 0.6 is 11.8 Å². The minimum Gasteiger partial charge on any atom is -0.484 e. The average molecular weight is 501 g/mol. The largest absolute Gasteiger partial charge is 0.484 e. The van der Waals surface area contributed by atoms with E-state index in [1.165, 1.54) is 5.56 Å². The van der Waals surface area contributed by atoms with Gasteiger partial charge in [0.05, 0.1) is 24.7 Å². The predicted octanol–water partition coefficient (Wildman–Crippen LogP) is 4.09. The van der Waals surface area contributed by atoms with Crippen LogP contribution < -0.4 is 15.4 Å². The summed E-state index contributed by atoms with van der Waals surface area (Å²) in [5.74, 6) is 1.69. The van der Waals surface area contributed by atoms with Gasteiger partial charge in [-0.1, -0.05) is 51.6 Å². The molecule has 3 rings (SSSR count). The maximum absolute atomic E-state index is 12.3. The lowest BCUT2D eigenvalue weighted by atomic mass is 10.0. The summed E-state index contributed by atoms with van der Waals surface area (Å²) in [7, 11) is 0. The third-order valence-electron chi connectivity index (χ3n) is 5.12. The lowest BCUT2D eigenvalue weighted by Gasteiger charge is -2.11. The molecule has 0 fully saturated rings. The number of hydrogen-bond acceptors (Lipinski definition) is 8. The van der Waals surface area contributed by atoms with Crippen molar-refractivity contribution in [3.05, 3.63) is 36.0 Å². The number of aromatic nitrogens is 4. The van der Waals surface area contributed by atoms with Crippen LogP contribution in [0.5, 0.6) is 5.75 Å². The highest BCUT2D eigenvalue weighted by Crippen LogP contribution is 2.26. The van der Waals surface area contributed by atoms with E-state index in [1.807, 2.05) is 31.2 Å². The number of nitrogens with zero attached hydrogens (tertiary/aromatic N) is 4. The molecule has 2 heterocycles. The van der Waals surface area contributed by atoms with Gasteiger partial charge in [-0.3, -0.25) is 4.79 Å². The molecule has 9 nitrogen and oxygen atoms in total. The first-order valence-electron chi connectivity index (χ1n) is 12.1. The molecule has 0 saturated heterocycles. The number of nitrogens with one attached hydrogen (secondary N) is 2. The Labute approximate surface area is 211 Å². The first kappa shape index (κ1) is 26.7. The molecule has 0 aliphatic rings. The van der Waals surface area contributed by atoms with E-state index in [-0.39, 0.29) is 12.5 Å². The second-order valence-electron chi connectivity index (χ2n) is 8.61. The molecule has 0 spiro atoms. The van der Waals surface area contributed by atoms with Gasteiger partial charge in [0.1, 0.15) is 11.6 Å².